The Hall–Kier alpha value is -2.49. The fourth-order valence-electron chi connectivity index (χ4n) is 2.88. The Morgan fingerprint density at radius 2 is 1.82 bits per heavy atom. The molecule has 0 aliphatic carbocycles. The van der Waals surface area contributed by atoms with E-state index in [0.29, 0.717) is 0 Å². The lowest BCUT2D eigenvalue weighted by Crippen LogP contribution is -2.49. The zero-order valence-electron chi connectivity index (χ0n) is 20.9. The second-order valence-corrected chi connectivity index (χ2v) is 14.3. The van der Waals surface area contributed by atoms with Crippen molar-refractivity contribution in [3.8, 4) is 5.75 Å². The molecule has 33 heavy (non-hydrogen) atoms. The van der Waals surface area contributed by atoms with Crippen LogP contribution in [0.3, 0.4) is 0 Å². The molecule has 0 saturated carbocycles. The molecule has 1 aromatic carbocycles. The van der Waals surface area contributed by atoms with Gasteiger partial charge in [0.15, 0.2) is 8.32 Å². The van der Waals surface area contributed by atoms with Gasteiger partial charge in [0.25, 0.3) is 5.69 Å². The van der Waals surface area contributed by atoms with Crippen LogP contribution in [-0.4, -0.2) is 45.3 Å². The van der Waals surface area contributed by atoms with Gasteiger partial charge in [-0.05, 0) is 42.8 Å². The molecule has 0 radical (unpaired) electrons. The number of benzene rings is 1. The van der Waals surface area contributed by atoms with Crippen LogP contribution >= 0.6 is 0 Å². The van der Waals surface area contributed by atoms with Crippen molar-refractivity contribution in [2.24, 2.45) is 5.92 Å². The lowest BCUT2D eigenvalue weighted by Gasteiger charge is -2.42. The second-order valence-electron chi connectivity index (χ2n) is 9.54. The molecule has 0 amide bonds. The quantitative estimate of drug-likeness (QED) is 0.0919. The minimum atomic E-state index is -2.07. The van der Waals surface area contributed by atoms with Crippen LogP contribution in [0, 0.1) is 16.0 Å². The van der Waals surface area contributed by atoms with E-state index in [2.05, 4.69) is 40.4 Å². The maximum atomic E-state index is 12.0. The van der Waals surface area contributed by atoms with Crippen LogP contribution in [0.5, 0.6) is 5.75 Å². The maximum absolute atomic E-state index is 12.0. The number of carbonyl (C=O) groups excluding carboxylic acids is 1. The van der Waals surface area contributed by atoms with Gasteiger partial charge >= 0.3 is 6.16 Å². The molecule has 1 unspecified atom stereocenters. The van der Waals surface area contributed by atoms with Crippen molar-refractivity contribution in [2.75, 3.05) is 13.7 Å². The first-order chi connectivity index (χ1) is 15.2. The molecule has 0 N–H and O–H groups in total. The van der Waals surface area contributed by atoms with E-state index in [1.807, 2.05) is 19.9 Å². The Morgan fingerprint density at radius 1 is 1.24 bits per heavy atom. The third-order valence-electron chi connectivity index (χ3n) is 5.80. The second kappa shape index (κ2) is 12.1. The van der Waals surface area contributed by atoms with E-state index in [-0.39, 0.29) is 41.2 Å². The Kier molecular flexibility index (Phi) is 10.5. The summed E-state index contributed by atoms with van der Waals surface area (Å²) in [5, 5.41) is 10.7. The highest BCUT2D eigenvalue weighted by Crippen LogP contribution is 2.39. The fourth-order valence-corrected chi connectivity index (χ4v) is 4.26. The lowest BCUT2D eigenvalue weighted by molar-refractivity contribution is -0.384. The van der Waals surface area contributed by atoms with Gasteiger partial charge in [-0.15, -0.1) is 6.58 Å². The molecular weight excluding hydrogens is 442 g/mol. The number of hydrogen-bond donors (Lipinski definition) is 0. The van der Waals surface area contributed by atoms with E-state index in [0.717, 1.165) is 5.57 Å². The van der Waals surface area contributed by atoms with Crippen molar-refractivity contribution in [3.05, 3.63) is 58.7 Å². The third-order valence-corrected chi connectivity index (χ3v) is 10.3. The number of carbonyl (C=O) groups is 1. The van der Waals surface area contributed by atoms with Gasteiger partial charge in [0, 0.05) is 25.2 Å². The van der Waals surface area contributed by atoms with E-state index in [4.69, 9.17) is 18.6 Å². The molecule has 9 heteroatoms. The topological polar surface area (TPSA) is 97.1 Å². The van der Waals surface area contributed by atoms with Crippen LogP contribution in [0.25, 0.3) is 0 Å². The Balaban J connectivity index is 2.81. The molecule has 0 fully saturated rings. The molecular formula is C24H37NO7Si. The average molecular weight is 480 g/mol. The van der Waals surface area contributed by atoms with Crippen molar-refractivity contribution < 1.29 is 28.4 Å². The van der Waals surface area contributed by atoms with Crippen molar-refractivity contribution >= 4 is 20.2 Å². The molecule has 0 aliphatic heterocycles. The summed E-state index contributed by atoms with van der Waals surface area (Å²) in [5.74, 6) is 0.133. The summed E-state index contributed by atoms with van der Waals surface area (Å²) in [6, 6.07) is 5.19. The molecule has 3 atom stereocenters. The van der Waals surface area contributed by atoms with Crippen LogP contribution in [0.15, 0.2) is 48.6 Å². The molecule has 0 heterocycles. The molecule has 0 saturated heterocycles. The molecule has 0 bridgehead atoms. The number of non-ortho nitro benzene ring substituents is 1. The first-order valence-corrected chi connectivity index (χ1v) is 13.7. The van der Waals surface area contributed by atoms with Gasteiger partial charge in [0.05, 0.1) is 11.0 Å². The summed E-state index contributed by atoms with van der Waals surface area (Å²) in [6.07, 6.45) is 2.32. The number of nitro groups is 1. The monoisotopic (exact) mass is 479 g/mol. The smallest absolute Gasteiger partial charge is 0.429 e. The average Bonchev–Trinajstić information content (AvgIpc) is 2.71. The number of methoxy groups -OCH3 is 1. The van der Waals surface area contributed by atoms with Crippen molar-refractivity contribution in [1.82, 2.24) is 0 Å². The molecule has 8 nitrogen and oxygen atoms in total. The first kappa shape index (κ1) is 28.5. The van der Waals surface area contributed by atoms with Crippen molar-refractivity contribution in [2.45, 2.75) is 65.0 Å². The molecule has 0 aliphatic rings. The summed E-state index contributed by atoms with van der Waals surface area (Å²) in [6.45, 7) is 18.7. The van der Waals surface area contributed by atoms with Gasteiger partial charge < -0.3 is 18.6 Å². The zero-order valence-corrected chi connectivity index (χ0v) is 21.9. The standard InChI is InChI=1S/C24H37NO7Si/c1-10-21(29-7)22(32-33(8,9)24(4,5)6)18(3)15-17(2)16-30-23(26)31-20-13-11-19(12-14-20)25(27)28/h10-15,18,21-22H,1,16H2,2-9H3/b17-15-/t18-,21?,22+/m1/s1. The van der Waals surface area contributed by atoms with Gasteiger partial charge in [0.2, 0.25) is 0 Å². The molecule has 0 spiro atoms. The molecule has 1 aromatic rings. The highest BCUT2D eigenvalue weighted by atomic mass is 28.4. The van der Waals surface area contributed by atoms with E-state index in [1.165, 1.54) is 24.3 Å². The SMILES string of the molecule is C=CC(OC)[C@@H](O[Si](C)(C)C(C)(C)C)[C@H](C)/C=C(/C)COC(=O)Oc1ccc([N+](=O)[O-])cc1. The van der Waals surface area contributed by atoms with E-state index in [9.17, 15) is 14.9 Å². The number of nitrogens with zero attached hydrogens (tertiary/aromatic N) is 1. The van der Waals surface area contributed by atoms with E-state index < -0.39 is 19.4 Å². The van der Waals surface area contributed by atoms with Gasteiger partial charge in [-0.1, -0.05) is 39.8 Å². The Labute approximate surface area is 197 Å². The number of rotatable bonds is 11. The molecule has 1 rings (SSSR count). The first-order valence-electron chi connectivity index (χ1n) is 10.8. The van der Waals surface area contributed by atoms with Crippen LogP contribution < -0.4 is 4.74 Å². The number of nitro benzene ring substituents is 1. The minimum Gasteiger partial charge on any atom is -0.429 e. The summed E-state index contributed by atoms with van der Waals surface area (Å²) >= 11 is 0. The van der Waals surface area contributed by atoms with Gasteiger partial charge in [0.1, 0.15) is 18.5 Å². The van der Waals surface area contributed by atoms with E-state index >= 15 is 0 Å². The zero-order chi connectivity index (χ0) is 25.4. The fraction of sp³-hybridized carbons (Fsp3) is 0.542. The lowest BCUT2D eigenvalue weighted by atomic mass is 9.97. The largest absolute Gasteiger partial charge is 0.514 e. The van der Waals surface area contributed by atoms with Gasteiger partial charge in [-0.2, -0.15) is 0 Å². The highest BCUT2D eigenvalue weighted by molar-refractivity contribution is 6.74. The van der Waals surface area contributed by atoms with Gasteiger partial charge in [-0.25, -0.2) is 4.79 Å². The summed E-state index contributed by atoms with van der Waals surface area (Å²) in [5.41, 5.74) is 0.734. The normalized spacial score (nSPS) is 15.3. The van der Waals surface area contributed by atoms with Crippen LogP contribution in [-0.2, 0) is 13.9 Å². The third kappa shape index (κ3) is 8.75. The summed E-state index contributed by atoms with van der Waals surface area (Å²) < 4.78 is 22.5. The van der Waals surface area contributed by atoms with E-state index in [1.54, 1.807) is 13.2 Å². The number of ether oxygens (including phenoxy) is 3. The highest BCUT2D eigenvalue weighted by Gasteiger charge is 2.41. The van der Waals surface area contributed by atoms with Gasteiger partial charge in [-0.3, -0.25) is 10.1 Å². The summed E-state index contributed by atoms with van der Waals surface area (Å²) in [7, 11) is -0.439. The molecule has 0 aromatic heterocycles. The number of hydrogen-bond acceptors (Lipinski definition) is 7. The Morgan fingerprint density at radius 3 is 2.27 bits per heavy atom. The van der Waals surface area contributed by atoms with Crippen molar-refractivity contribution in [1.29, 1.82) is 0 Å². The van der Waals surface area contributed by atoms with Crippen molar-refractivity contribution in [3.63, 3.8) is 0 Å². The maximum Gasteiger partial charge on any atom is 0.514 e. The minimum absolute atomic E-state index is 0.0311. The van der Waals surface area contributed by atoms with Crippen LogP contribution in [0.4, 0.5) is 10.5 Å². The van der Waals surface area contributed by atoms with Crippen LogP contribution in [0.2, 0.25) is 18.1 Å². The Bertz CT molecular complexity index is 843. The molecule has 184 valence electrons. The predicted molar refractivity (Wildman–Crippen MR) is 131 cm³/mol. The van der Waals surface area contributed by atoms with Crippen LogP contribution in [0.1, 0.15) is 34.6 Å². The summed E-state index contributed by atoms with van der Waals surface area (Å²) in [4.78, 5) is 22.2. The predicted octanol–water partition coefficient (Wildman–Crippen LogP) is 6.28.